The number of para-hydroxylation sites is 1. The van der Waals surface area contributed by atoms with Crippen LogP contribution in [0.25, 0.3) is 16.8 Å². The first-order valence-corrected chi connectivity index (χ1v) is 7.01. The highest BCUT2D eigenvalue weighted by atomic mass is 16.5. The van der Waals surface area contributed by atoms with E-state index in [1.165, 1.54) is 19.6 Å². The Hall–Kier alpha value is -3.66. The van der Waals surface area contributed by atoms with Crippen molar-refractivity contribution in [3.63, 3.8) is 0 Å². The van der Waals surface area contributed by atoms with Crippen LogP contribution in [0.15, 0.2) is 49.2 Å². The van der Waals surface area contributed by atoms with Gasteiger partial charge in [0.15, 0.2) is 5.69 Å². The summed E-state index contributed by atoms with van der Waals surface area (Å²) in [6.45, 7) is 0. The average Bonchev–Trinajstić information content (AvgIpc) is 2.98. The average molecular weight is 319 g/mol. The first kappa shape index (κ1) is 15.2. The third-order valence-corrected chi connectivity index (χ3v) is 3.58. The Morgan fingerprint density at radius 2 is 2.00 bits per heavy atom. The van der Waals surface area contributed by atoms with E-state index in [-0.39, 0.29) is 16.9 Å². The summed E-state index contributed by atoms with van der Waals surface area (Å²) in [4.78, 5) is 20.2. The monoisotopic (exact) mass is 319 g/mol. The van der Waals surface area contributed by atoms with Crippen molar-refractivity contribution >= 4 is 11.7 Å². The SMILES string of the molecule is COC(=O)c1c(N)c(C#N)cn1-c1ccccc1-c1cncnc1. The molecule has 0 fully saturated rings. The second-order valence-electron chi connectivity index (χ2n) is 4.92. The van der Waals surface area contributed by atoms with Gasteiger partial charge >= 0.3 is 5.97 Å². The van der Waals surface area contributed by atoms with Crippen LogP contribution < -0.4 is 5.73 Å². The lowest BCUT2D eigenvalue weighted by atomic mass is 10.1. The molecule has 24 heavy (non-hydrogen) atoms. The molecule has 118 valence electrons. The van der Waals surface area contributed by atoms with Crippen molar-refractivity contribution in [2.24, 2.45) is 0 Å². The van der Waals surface area contributed by atoms with Crippen molar-refractivity contribution in [2.45, 2.75) is 0 Å². The molecule has 2 aromatic heterocycles. The Labute approximate surface area is 138 Å². The van der Waals surface area contributed by atoms with E-state index in [4.69, 9.17) is 10.5 Å². The summed E-state index contributed by atoms with van der Waals surface area (Å²) in [5.41, 5.74) is 8.58. The number of carbonyl (C=O) groups excluding carboxylic acids is 1. The van der Waals surface area contributed by atoms with Gasteiger partial charge in [-0.15, -0.1) is 0 Å². The molecular weight excluding hydrogens is 306 g/mol. The van der Waals surface area contributed by atoms with Crippen LogP contribution in [0.5, 0.6) is 0 Å². The van der Waals surface area contributed by atoms with Gasteiger partial charge in [0.1, 0.15) is 12.4 Å². The molecule has 0 bridgehead atoms. The van der Waals surface area contributed by atoms with Crippen LogP contribution in [0.1, 0.15) is 16.1 Å². The van der Waals surface area contributed by atoms with Gasteiger partial charge in [0, 0.05) is 29.7 Å². The highest BCUT2D eigenvalue weighted by Gasteiger charge is 2.23. The number of methoxy groups -OCH3 is 1. The molecule has 0 unspecified atom stereocenters. The van der Waals surface area contributed by atoms with Gasteiger partial charge in [-0.05, 0) is 6.07 Å². The molecule has 7 heteroatoms. The molecule has 2 N–H and O–H groups in total. The molecule has 0 aliphatic heterocycles. The summed E-state index contributed by atoms with van der Waals surface area (Å²) in [5.74, 6) is -0.617. The van der Waals surface area contributed by atoms with Crippen LogP contribution in [0.2, 0.25) is 0 Å². The fraction of sp³-hybridized carbons (Fsp3) is 0.0588. The molecule has 1 aromatic carbocycles. The zero-order valence-electron chi connectivity index (χ0n) is 12.8. The van der Waals surface area contributed by atoms with Gasteiger partial charge in [0.05, 0.1) is 24.0 Å². The predicted octanol–water partition coefficient (Wildman–Crippen LogP) is 2.17. The van der Waals surface area contributed by atoms with E-state index in [2.05, 4.69) is 9.97 Å². The maximum absolute atomic E-state index is 12.1. The number of aromatic nitrogens is 3. The molecule has 0 saturated carbocycles. The number of benzene rings is 1. The summed E-state index contributed by atoms with van der Waals surface area (Å²) in [6.07, 6.45) is 6.29. The fourth-order valence-electron chi connectivity index (χ4n) is 2.47. The molecule has 3 aromatic rings. The van der Waals surface area contributed by atoms with Gasteiger partial charge in [-0.25, -0.2) is 14.8 Å². The number of hydrogen-bond donors (Lipinski definition) is 1. The molecular formula is C17H13N5O2. The number of nitrogen functional groups attached to an aromatic ring is 1. The van der Waals surface area contributed by atoms with Crippen molar-refractivity contribution in [1.82, 2.24) is 14.5 Å². The summed E-state index contributed by atoms with van der Waals surface area (Å²) >= 11 is 0. The van der Waals surface area contributed by atoms with Crippen LogP contribution in [0.3, 0.4) is 0 Å². The molecule has 0 amide bonds. The minimum Gasteiger partial charge on any atom is -0.464 e. The van der Waals surface area contributed by atoms with Crippen molar-refractivity contribution in [2.75, 3.05) is 12.8 Å². The Balaban J connectivity index is 2.29. The van der Waals surface area contributed by atoms with E-state index >= 15 is 0 Å². The normalized spacial score (nSPS) is 10.2. The third kappa shape index (κ3) is 2.46. The number of carbonyl (C=O) groups is 1. The van der Waals surface area contributed by atoms with E-state index in [1.807, 2.05) is 30.3 Å². The fourth-order valence-corrected chi connectivity index (χ4v) is 2.47. The Morgan fingerprint density at radius 3 is 2.67 bits per heavy atom. The Morgan fingerprint density at radius 1 is 1.29 bits per heavy atom. The highest BCUT2D eigenvalue weighted by Crippen LogP contribution is 2.30. The molecule has 0 aliphatic carbocycles. The van der Waals surface area contributed by atoms with Crippen LogP contribution in [0.4, 0.5) is 5.69 Å². The standard InChI is InChI=1S/C17H13N5O2/c1-24-17(23)16-15(19)11(6-18)9-22(16)14-5-3-2-4-13(14)12-7-20-10-21-8-12/h2-5,7-10H,19H2,1H3. The Kier molecular flexibility index (Phi) is 3.95. The largest absolute Gasteiger partial charge is 0.464 e. The predicted molar refractivity (Wildman–Crippen MR) is 87.3 cm³/mol. The summed E-state index contributed by atoms with van der Waals surface area (Å²) in [5, 5.41) is 9.23. The number of esters is 1. The maximum Gasteiger partial charge on any atom is 0.357 e. The van der Waals surface area contributed by atoms with Crippen LogP contribution in [-0.4, -0.2) is 27.6 Å². The van der Waals surface area contributed by atoms with Crippen LogP contribution >= 0.6 is 0 Å². The summed E-state index contributed by atoms with van der Waals surface area (Å²) in [6, 6.07) is 9.36. The van der Waals surface area contributed by atoms with E-state index in [0.717, 1.165) is 11.1 Å². The van der Waals surface area contributed by atoms with Crippen LogP contribution in [0, 0.1) is 11.3 Å². The zero-order chi connectivity index (χ0) is 17.1. The van der Waals surface area contributed by atoms with Gasteiger partial charge in [0.2, 0.25) is 0 Å². The molecule has 0 spiro atoms. The van der Waals surface area contributed by atoms with Gasteiger partial charge in [-0.1, -0.05) is 18.2 Å². The first-order chi connectivity index (χ1) is 11.7. The third-order valence-electron chi connectivity index (χ3n) is 3.58. The molecule has 2 heterocycles. The molecule has 3 rings (SSSR count). The number of anilines is 1. The van der Waals surface area contributed by atoms with Crippen molar-refractivity contribution in [3.05, 3.63) is 60.4 Å². The number of nitrogens with two attached hydrogens (primary N) is 1. The maximum atomic E-state index is 12.1. The summed E-state index contributed by atoms with van der Waals surface area (Å²) < 4.78 is 6.37. The zero-order valence-corrected chi connectivity index (χ0v) is 12.8. The van der Waals surface area contributed by atoms with Crippen molar-refractivity contribution < 1.29 is 9.53 Å². The van der Waals surface area contributed by atoms with Gasteiger partial charge < -0.3 is 15.0 Å². The van der Waals surface area contributed by atoms with Crippen LogP contribution in [-0.2, 0) is 4.74 Å². The van der Waals surface area contributed by atoms with Crippen molar-refractivity contribution in [1.29, 1.82) is 5.26 Å². The van der Waals surface area contributed by atoms with Gasteiger partial charge in [-0.2, -0.15) is 5.26 Å². The van der Waals surface area contributed by atoms with Gasteiger partial charge in [0.25, 0.3) is 0 Å². The molecule has 0 aliphatic rings. The molecule has 0 radical (unpaired) electrons. The lowest BCUT2D eigenvalue weighted by Gasteiger charge is -2.13. The van der Waals surface area contributed by atoms with Crippen molar-refractivity contribution in [3.8, 4) is 22.9 Å². The Bertz CT molecular complexity index is 941. The van der Waals surface area contributed by atoms with E-state index in [1.54, 1.807) is 17.0 Å². The number of nitriles is 1. The number of ether oxygens (including phenoxy) is 1. The topological polar surface area (TPSA) is 107 Å². The highest BCUT2D eigenvalue weighted by molar-refractivity contribution is 5.96. The summed E-state index contributed by atoms with van der Waals surface area (Å²) in [7, 11) is 1.27. The molecule has 0 saturated heterocycles. The minimum absolute atomic E-state index is 0.0865. The molecule has 7 nitrogen and oxygen atoms in total. The first-order valence-electron chi connectivity index (χ1n) is 7.01. The second kappa shape index (κ2) is 6.22. The van der Waals surface area contributed by atoms with E-state index in [9.17, 15) is 10.1 Å². The number of rotatable bonds is 3. The molecule has 0 atom stereocenters. The van der Waals surface area contributed by atoms with E-state index in [0.29, 0.717) is 5.69 Å². The van der Waals surface area contributed by atoms with Gasteiger partial charge in [-0.3, -0.25) is 0 Å². The lowest BCUT2D eigenvalue weighted by Crippen LogP contribution is -2.11. The smallest absolute Gasteiger partial charge is 0.357 e. The quantitative estimate of drug-likeness (QED) is 0.741. The number of nitrogens with zero attached hydrogens (tertiary/aromatic N) is 4. The minimum atomic E-state index is -0.617. The number of hydrogen-bond acceptors (Lipinski definition) is 6. The second-order valence-corrected chi connectivity index (χ2v) is 4.92. The van der Waals surface area contributed by atoms with E-state index < -0.39 is 5.97 Å². The lowest BCUT2D eigenvalue weighted by molar-refractivity contribution is 0.0593.